The van der Waals surface area contributed by atoms with Crippen LogP contribution in [-0.2, 0) is 41.6 Å². The number of rotatable bonds is 18. The van der Waals surface area contributed by atoms with Gasteiger partial charge >= 0.3 is 12.1 Å². The highest BCUT2D eigenvalue weighted by molar-refractivity contribution is 5.94. The zero-order chi connectivity index (χ0) is 42.6. The van der Waals surface area contributed by atoms with Gasteiger partial charge in [-0.15, -0.1) is 0 Å². The summed E-state index contributed by atoms with van der Waals surface area (Å²) < 4.78 is 5.33. The van der Waals surface area contributed by atoms with Crippen molar-refractivity contribution in [1.29, 1.82) is 0 Å². The van der Waals surface area contributed by atoms with Crippen molar-refractivity contribution in [2.24, 2.45) is 23.7 Å². The van der Waals surface area contributed by atoms with E-state index < -0.39 is 65.5 Å². The number of fused-ring (bicyclic) bond motifs is 1. The van der Waals surface area contributed by atoms with Gasteiger partial charge in [-0.3, -0.25) is 19.2 Å². The number of amides is 5. The van der Waals surface area contributed by atoms with Gasteiger partial charge in [0.15, 0.2) is 0 Å². The molecular weight excluding hydrogens is 743 g/mol. The van der Waals surface area contributed by atoms with Crippen molar-refractivity contribution in [2.75, 3.05) is 19.7 Å². The summed E-state index contributed by atoms with van der Waals surface area (Å²) in [7, 11) is 0. The first kappa shape index (κ1) is 45.2. The molecule has 58 heavy (non-hydrogen) atoms. The molecule has 0 spiro atoms. The second-order valence-corrected chi connectivity index (χ2v) is 16.4. The van der Waals surface area contributed by atoms with E-state index in [2.05, 4.69) is 21.3 Å². The number of carbonyl (C=O) groups excluding carboxylic acids is 5. The molecule has 1 saturated heterocycles. The first-order valence-electron chi connectivity index (χ1n) is 20.1. The van der Waals surface area contributed by atoms with Crippen molar-refractivity contribution in [1.82, 2.24) is 26.2 Å². The van der Waals surface area contributed by atoms with Crippen molar-refractivity contribution >= 4 is 46.5 Å². The Morgan fingerprint density at radius 1 is 0.759 bits per heavy atom. The number of nitrogens with zero attached hydrogens (tertiary/aromatic N) is 1. The normalized spacial score (nSPS) is 15.9. The predicted molar refractivity (Wildman–Crippen MR) is 219 cm³/mol. The molecular formula is C44H59N5O9. The van der Waals surface area contributed by atoms with Crippen LogP contribution in [0, 0.1) is 23.7 Å². The number of aliphatic hydroxyl groups is 1. The second-order valence-electron chi connectivity index (χ2n) is 16.4. The minimum absolute atomic E-state index is 0.0818. The van der Waals surface area contributed by atoms with E-state index in [0.717, 1.165) is 21.9 Å². The lowest BCUT2D eigenvalue weighted by Gasteiger charge is -2.36. The molecule has 3 aromatic rings. The molecule has 0 aromatic heterocycles. The molecule has 0 radical (unpaired) electrons. The summed E-state index contributed by atoms with van der Waals surface area (Å²) in [6.45, 7) is 11.0. The van der Waals surface area contributed by atoms with Gasteiger partial charge in [-0.25, -0.2) is 9.59 Å². The fourth-order valence-electron chi connectivity index (χ4n) is 7.01. The molecule has 0 saturated carbocycles. The minimum atomic E-state index is -2.36. The third-order valence-corrected chi connectivity index (χ3v) is 10.1. The number of carboxylic acid groups (broad SMARTS) is 1. The van der Waals surface area contributed by atoms with Gasteiger partial charge in [0.1, 0.15) is 18.1 Å². The lowest BCUT2D eigenvalue weighted by molar-refractivity contribution is -0.156. The Hall–Kier alpha value is -5.50. The third-order valence-electron chi connectivity index (χ3n) is 10.1. The van der Waals surface area contributed by atoms with Crippen LogP contribution in [-0.4, -0.2) is 94.4 Å². The Kier molecular flexibility index (Phi) is 16.2. The third kappa shape index (κ3) is 13.0. The number of hydrogen-bond acceptors (Lipinski definition) is 8. The van der Waals surface area contributed by atoms with Crippen LogP contribution in [0.1, 0.15) is 71.9 Å². The highest BCUT2D eigenvalue weighted by Gasteiger charge is 2.43. The van der Waals surface area contributed by atoms with Crippen LogP contribution in [0.25, 0.3) is 10.8 Å². The van der Waals surface area contributed by atoms with Gasteiger partial charge in [0.25, 0.3) is 5.91 Å². The molecule has 14 heteroatoms. The van der Waals surface area contributed by atoms with Gasteiger partial charge in [-0.1, -0.05) is 114 Å². The molecule has 1 fully saturated rings. The van der Waals surface area contributed by atoms with Crippen LogP contribution >= 0.6 is 0 Å². The van der Waals surface area contributed by atoms with E-state index in [1.165, 1.54) is 0 Å². The van der Waals surface area contributed by atoms with E-state index in [1.807, 2.05) is 86.6 Å². The predicted octanol–water partition coefficient (Wildman–Crippen LogP) is 4.18. The van der Waals surface area contributed by atoms with Crippen LogP contribution in [0.3, 0.4) is 0 Å². The number of alkyl carbamates (subject to hydrolysis) is 1. The average molecular weight is 802 g/mol. The molecule has 0 unspecified atom stereocenters. The first-order chi connectivity index (χ1) is 27.4. The number of nitrogens with one attached hydrogen (secondary N) is 4. The molecule has 4 rings (SSSR count). The number of piperidine rings is 1. The van der Waals surface area contributed by atoms with Crippen LogP contribution in [0.15, 0.2) is 72.8 Å². The van der Waals surface area contributed by atoms with Crippen LogP contribution in [0.5, 0.6) is 0 Å². The van der Waals surface area contributed by atoms with Gasteiger partial charge in [0.2, 0.25) is 23.4 Å². The Labute approximate surface area is 340 Å². The zero-order valence-corrected chi connectivity index (χ0v) is 34.3. The van der Waals surface area contributed by atoms with E-state index in [9.17, 15) is 39.0 Å². The summed E-state index contributed by atoms with van der Waals surface area (Å²) in [4.78, 5) is 81.5. The Bertz CT molecular complexity index is 1890. The Balaban J connectivity index is 1.52. The summed E-state index contributed by atoms with van der Waals surface area (Å²) >= 11 is 0. The van der Waals surface area contributed by atoms with Gasteiger partial charge in [0, 0.05) is 38.3 Å². The van der Waals surface area contributed by atoms with Crippen molar-refractivity contribution in [2.45, 2.75) is 97.5 Å². The Morgan fingerprint density at radius 3 is 1.98 bits per heavy atom. The number of carbonyl (C=O) groups is 6. The molecule has 3 aromatic carbocycles. The molecule has 5 amide bonds. The number of ether oxygens (including phenoxy) is 1. The maximum Gasteiger partial charge on any atom is 0.407 e. The summed E-state index contributed by atoms with van der Waals surface area (Å²) in [5.74, 6) is -5.10. The zero-order valence-electron chi connectivity index (χ0n) is 34.3. The number of hydrogen-bond donors (Lipinski definition) is 6. The van der Waals surface area contributed by atoms with E-state index in [1.54, 1.807) is 32.6 Å². The van der Waals surface area contributed by atoms with Gasteiger partial charge in [-0.05, 0) is 52.5 Å². The minimum Gasteiger partial charge on any atom is -0.480 e. The molecule has 1 heterocycles. The standard InChI is InChI=1S/C44H59N5O9/c1-27(2)25-44(57,42(55)47-37(29(5)6)41(53)54)48-38(50)33-18-20-49(21-19-33)40(52)36(24-31-16-17-32-14-10-11-15-34(32)22-31)45-39(51)35(23-30-12-8-7-9-13-30)46-43(56)58-26-28(3)4/h7-17,22,27-29,33,35-37,57H,18-21,23-26H2,1-6H3,(H,45,51)(H,46,56)(H,47,55)(H,48,50)(H,53,54)/t35-,36+,37-,44+/m0/s1. The molecule has 4 atom stereocenters. The Morgan fingerprint density at radius 2 is 1.38 bits per heavy atom. The topological polar surface area (TPSA) is 203 Å². The molecule has 1 aliphatic rings. The van der Waals surface area contributed by atoms with Crippen molar-refractivity contribution in [3.63, 3.8) is 0 Å². The second kappa shape index (κ2) is 20.8. The fourth-order valence-corrected chi connectivity index (χ4v) is 7.01. The fraction of sp³-hybridized carbons (Fsp3) is 0.500. The van der Waals surface area contributed by atoms with Gasteiger partial charge < -0.3 is 41.1 Å². The maximum absolute atomic E-state index is 14.4. The van der Waals surface area contributed by atoms with Gasteiger partial charge in [0.05, 0.1) is 6.61 Å². The van der Waals surface area contributed by atoms with Crippen molar-refractivity contribution < 1.29 is 43.7 Å². The lowest BCUT2D eigenvalue weighted by atomic mass is 9.92. The highest BCUT2D eigenvalue weighted by atomic mass is 16.5. The summed E-state index contributed by atoms with van der Waals surface area (Å²) in [6, 6.07) is 19.5. The van der Waals surface area contributed by atoms with E-state index in [0.29, 0.717) is 0 Å². The SMILES string of the molecule is CC(C)COC(=O)N[C@@H](Cc1ccccc1)C(=O)N[C@H](Cc1ccc2ccccc2c1)C(=O)N1CCC(C(=O)N[C@@](O)(CC(C)C)C(=O)N[C@H](C(=O)O)C(C)C)CC1. The summed E-state index contributed by atoms with van der Waals surface area (Å²) in [5, 5.41) is 33.5. The summed E-state index contributed by atoms with van der Waals surface area (Å²) in [5.41, 5.74) is -0.758. The first-order valence-corrected chi connectivity index (χ1v) is 20.1. The molecule has 0 aliphatic carbocycles. The molecule has 1 aliphatic heterocycles. The quantitative estimate of drug-likeness (QED) is 0.102. The van der Waals surface area contributed by atoms with E-state index in [-0.39, 0.29) is 69.5 Å². The van der Waals surface area contributed by atoms with E-state index in [4.69, 9.17) is 4.74 Å². The van der Waals surface area contributed by atoms with E-state index >= 15 is 0 Å². The molecule has 314 valence electrons. The van der Waals surface area contributed by atoms with Crippen LogP contribution < -0.4 is 21.3 Å². The highest BCUT2D eigenvalue weighted by Crippen LogP contribution is 2.23. The number of carboxylic acids is 1. The van der Waals surface area contributed by atoms with Crippen molar-refractivity contribution in [3.8, 4) is 0 Å². The number of benzene rings is 3. The lowest BCUT2D eigenvalue weighted by Crippen LogP contribution is -2.63. The summed E-state index contributed by atoms with van der Waals surface area (Å²) in [6.07, 6.45) is -0.193. The van der Waals surface area contributed by atoms with Gasteiger partial charge in [-0.2, -0.15) is 0 Å². The largest absolute Gasteiger partial charge is 0.480 e. The molecule has 14 nitrogen and oxygen atoms in total. The molecule has 6 N–H and O–H groups in total. The molecule has 0 bridgehead atoms. The number of aliphatic carboxylic acids is 1. The van der Waals surface area contributed by atoms with Crippen LogP contribution in [0.2, 0.25) is 0 Å². The maximum atomic E-state index is 14.4. The monoisotopic (exact) mass is 801 g/mol. The smallest absolute Gasteiger partial charge is 0.407 e. The van der Waals surface area contributed by atoms with Crippen molar-refractivity contribution in [3.05, 3.63) is 83.9 Å². The van der Waals surface area contributed by atoms with Crippen LogP contribution in [0.4, 0.5) is 4.79 Å². The number of likely N-dealkylation sites (tertiary alicyclic amines) is 1. The average Bonchev–Trinajstić information content (AvgIpc) is 3.18.